The van der Waals surface area contributed by atoms with Crippen LogP contribution in [-0.2, 0) is 0 Å². The van der Waals surface area contributed by atoms with Crippen LogP contribution >= 0.6 is 11.3 Å². The van der Waals surface area contributed by atoms with Gasteiger partial charge in [0.1, 0.15) is 5.56 Å². The summed E-state index contributed by atoms with van der Waals surface area (Å²) in [5.41, 5.74) is 2.57. The summed E-state index contributed by atoms with van der Waals surface area (Å²) >= 11 is 1.39. The van der Waals surface area contributed by atoms with Crippen LogP contribution in [0.15, 0.2) is 40.6 Å². The predicted octanol–water partition coefficient (Wildman–Crippen LogP) is 3.26. The number of thiazole rings is 1. The predicted molar refractivity (Wildman–Crippen MR) is 96.7 cm³/mol. The van der Waals surface area contributed by atoms with Crippen molar-refractivity contribution in [2.24, 2.45) is 0 Å². The zero-order valence-corrected chi connectivity index (χ0v) is 14.7. The number of fused-ring (bicyclic) bond motifs is 1. The summed E-state index contributed by atoms with van der Waals surface area (Å²) in [5, 5.41) is 4.71. The molecule has 1 atom stereocenters. The molecule has 1 aromatic carbocycles. The van der Waals surface area contributed by atoms with Crippen molar-refractivity contribution in [1.29, 1.82) is 0 Å². The Kier molecular flexibility index (Phi) is 4.49. The first-order valence-electron chi connectivity index (χ1n) is 7.88. The summed E-state index contributed by atoms with van der Waals surface area (Å²) in [5.74, 6) is -0.377. The van der Waals surface area contributed by atoms with Gasteiger partial charge in [-0.3, -0.25) is 14.0 Å². The van der Waals surface area contributed by atoms with Gasteiger partial charge in [0.05, 0.1) is 5.69 Å². The van der Waals surface area contributed by atoms with Gasteiger partial charge in [0.15, 0.2) is 4.96 Å². The standard InChI is InChI=1S/C18H19N3O2S/c1-4-12(3)20-16(22)14-9-19-18-21(17(14)23)15(10-24-18)13-7-5-11(2)6-8-13/h5-10,12H,4H2,1-3H3,(H,20,22)/t12-/m0/s1. The molecule has 0 fully saturated rings. The van der Waals surface area contributed by atoms with Crippen LogP contribution in [0.2, 0.25) is 0 Å². The van der Waals surface area contributed by atoms with Crippen molar-refractivity contribution in [2.45, 2.75) is 33.2 Å². The Hall–Kier alpha value is -2.47. The zero-order chi connectivity index (χ0) is 17.3. The third-order valence-electron chi connectivity index (χ3n) is 4.03. The molecule has 5 nitrogen and oxygen atoms in total. The van der Waals surface area contributed by atoms with Gasteiger partial charge < -0.3 is 5.32 Å². The monoisotopic (exact) mass is 341 g/mol. The minimum Gasteiger partial charge on any atom is -0.349 e. The fourth-order valence-corrected chi connectivity index (χ4v) is 3.24. The fourth-order valence-electron chi connectivity index (χ4n) is 2.38. The first-order valence-corrected chi connectivity index (χ1v) is 8.76. The van der Waals surface area contributed by atoms with Gasteiger partial charge in [-0.25, -0.2) is 4.98 Å². The number of nitrogens with zero attached hydrogens (tertiary/aromatic N) is 2. The highest BCUT2D eigenvalue weighted by molar-refractivity contribution is 7.15. The van der Waals surface area contributed by atoms with Gasteiger partial charge in [0.25, 0.3) is 11.5 Å². The van der Waals surface area contributed by atoms with E-state index in [9.17, 15) is 9.59 Å². The second-order valence-electron chi connectivity index (χ2n) is 5.86. The van der Waals surface area contributed by atoms with Gasteiger partial charge in [-0.15, -0.1) is 11.3 Å². The van der Waals surface area contributed by atoms with E-state index in [4.69, 9.17) is 0 Å². The number of benzene rings is 1. The van der Waals surface area contributed by atoms with E-state index in [2.05, 4.69) is 10.3 Å². The molecule has 3 aromatic rings. The van der Waals surface area contributed by atoms with Gasteiger partial charge in [0.2, 0.25) is 0 Å². The number of hydrogen-bond acceptors (Lipinski definition) is 4. The summed E-state index contributed by atoms with van der Waals surface area (Å²) < 4.78 is 1.51. The second kappa shape index (κ2) is 6.57. The van der Waals surface area contributed by atoms with Crippen molar-refractivity contribution in [3.05, 3.63) is 57.3 Å². The first kappa shape index (κ1) is 16.4. The smallest absolute Gasteiger partial charge is 0.271 e. The molecule has 0 aliphatic rings. The molecule has 0 bridgehead atoms. The first-order chi connectivity index (χ1) is 11.5. The normalized spacial score (nSPS) is 12.3. The molecule has 0 aliphatic carbocycles. The van der Waals surface area contributed by atoms with Crippen LogP contribution in [0.4, 0.5) is 0 Å². The van der Waals surface area contributed by atoms with E-state index in [0.29, 0.717) is 4.96 Å². The molecule has 124 valence electrons. The van der Waals surface area contributed by atoms with Gasteiger partial charge in [0, 0.05) is 17.6 Å². The highest BCUT2D eigenvalue weighted by Crippen LogP contribution is 2.24. The maximum atomic E-state index is 12.8. The molecule has 6 heteroatoms. The highest BCUT2D eigenvalue weighted by atomic mass is 32.1. The van der Waals surface area contributed by atoms with Crippen LogP contribution in [0, 0.1) is 6.92 Å². The van der Waals surface area contributed by atoms with E-state index in [1.54, 1.807) is 0 Å². The zero-order valence-electron chi connectivity index (χ0n) is 13.9. The molecule has 0 aliphatic heterocycles. The third-order valence-corrected chi connectivity index (χ3v) is 4.87. The maximum absolute atomic E-state index is 12.8. The Morgan fingerprint density at radius 2 is 2.04 bits per heavy atom. The van der Waals surface area contributed by atoms with Gasteiger partial charge in [-0.1, -0.05) is 36.8 Å². The lowest BCUT2D eigenvalue weighted by Crippen LogP contribution is -2.36. The highest BCUT2D eigenvalue weighted by Gasteiger charge is 2.17. The molecule has 3 rings (SSSR count). The summed E-state index contributed by atoms with van der Waals surface area (Å²) in [4.78, 5) is 30.0. The SMILES string of the molecule is CC[C@H](C)NC(=O)c1cnc2scc(-c3ccc(C)cc3)n2c1=O. The molecule has 0 saturated heterocycles. The van der Waals surface area contributed by atoms with E-state index >= 15 is 0 Å². The Bertz CT molecular complexity index is 941. The van der Waals surface area contributed by atoms with E-state index in [0.717, 1.165) is 23.2 Å². The van der Waals surface area contributed by atoms with Gasteiger partial charge in [-0.05, 0) is 25.8 Å². The van der Waals surface area contributed by atoms with Crippen molar-refractivity contribution < 1.29 is 4.79 Å². The number of amides is 1. The van der Waals surface area contributed by atoms with Crippen LogP contribution in [0.1, 0.15) is 36.2 Å². The lowest BCUT2D eigenvalue weighted by atomic mass is 10.1. The van der Waals surface area contributed by atoms with E-state index in [1.165, 1.54) is 21.9 Å². The number of rotatable bonds is 4. The second-order valence-corrected chi connectivity index (χ2v) is 6.70. The van der Waals surface area contributed by atoms with Gasteiger partial charge >= 0.3 is 0 Å². The summed E-state index contributed by atoms with van der Waals surface area (Å²) in [6, 6.07) is 7.94. The summed E-state index contributed by atoms with van der Waals surface area (Å²) in [7, 11) is 0. The van der Waals surface area contributed by atoms with Crippen LogP contribution < -0.4 is 10.9 Å². The third kappa shape index (κ3) is 2.97. The lowest BCUT2D eigenvalue weighted by Gasteiger charge is -2.11. The summed E-state index contributed by atoms with van der Waals surface area (Å²) in [6.07, 6.45) is 2.17. The van der Waals surface area contributed by atoms with Crippen molar-refractivity contribution in [2.75, 3.05) is 0 Å². The Balaban J connectivity index is 2.11. The van der Waals surface area contributed by atoms with Crippen LogP contribution in [0.3, 0.4) is 0 Å². The van der Waals surface area contributed by atoms with E-state index in [1.807, 2.05) is 50.4 Å². The molecule has 1 amide bonds. The quantitative estimate of drug-likeness (QED) is 0.792. The lowest BCUT2D eigenvalue weighted by molar-refractivity contribution is 0.0937. The molecule has 0 spiro atoms. The molecule has 2 heterocycles. The van der Waals surface area contributed by atoms with Crippen LogP contribution in [0.5, 0.6) is 0 Å². The average molecular weight is 341 g/mol. The molecule has 2 aromatic heterocycles. The van der Waals surface area contributed by atoms with Gasteiger partial charge in [-0.2, -0.15) is 0 Å². The topological polar surface area (TPSA) is 63.5 Å². The Morgan fingerprint density at radius 1 is 1.33 bits per heavy atom. The maximum Gasteiger partial charge on any atom is 0.271 e. The molecule has 1 N–H and O–H groups in total. The molecular weight excluding hydrogens is 322 g/mol. The number of aryl methyl sites for hydroxylation is 1. The molecular formula is C18H19N3O2S. The Morgan fingerprint density at radius 3 is 2.71 bits per heavy atom. The number of carbonyl (C=O) groups is 1. The summed E-state index contributed by atoms with van der Waals surface area (Å²) in [6.45, 7) is 5.90. The number of aromatic nitrogens is 2. The van der Waals surface area contributed by atoms with Crippen LogP contribution in [-0.4, -0.2) is 21.3 Å². The molecule has 0 radical (unpaired) electrons. The average Bonchev–Trinajstić information content (AvgIpc) is 3.00. The minimum atomic E-state index is -0.377. The van der Waals surface area contributed by atoms with E-state index < -0.39 is 0 Å². The largest absolute Gasteiger partial charge is 0.349 e. The minimum absolute atomic E-state index is 0.0108. The van der Waals surface area contributed by atoms with Crippen molar-refractivity contribution in [1.82, 2.24) is 14.7 Å². The van der Waals surface area contributed by atoms with Crippen molar-refractivity contribution in [3.63, 3.8) is 0 Å². The number of nitrogens with one attached hydrogen (secondary N) is 1. The van der Waals surface area contributed by atoms with Crippen molar-refractivity contribution in [3.8, 4) is 11.3 Å². The van der Waals surface area contributed by atoms with E-state index in [-0.39, 0.29) is 23.1 Å². The van der Waals surface area contributed by atoms with Crippen molar-refractivity contribution >= 4 is 22.2 Å². The number of hydrogen-bond donors (Lipinski definition) is 1. The number of carbonyl (C=O) groups excluding carboxylic acids is 1. The molecule has 0 unspecified atom stereocenters. The molecule has 24 heavy (non-hydrogen) atoms. The van der Waals surface area contributed by atoms with Crippen LogP contribution in [0.25, 0.3) is 16.2 Å². The Labute approximate surface area is 144 Å². The fraction of sp³-hybridized carbons (Fsp3) is 0.278. The molecule has 0 saturated carbocycles.